The number of hydrogen-bond acceptors (Lipinski definition) is 2. The van der Waals surface area contributed by atoms with Gasteiger partial charge in [-0.15, -0.1) is 0 Å². The summed E-state index contributed by atoms with van der Waals surface area (Å²) in [5.74, 6) is -0.283. The maximum absolute atomic E-state index is 14.2. The lowest BCUT2D eigenvalue weighted by Gasteiger charge is -2.23. The number of rotatable bonds is 3. The summed E-state index contributed by atoms with van der Waals surface area (Å²) in [5, 5.41) is 4.49. The van der Waals surface area contributed by atoms with Crippen molar-refractivity contribution in [2.24, 2.45) is 0 Å². The minimum absolute atomic E-state index is 0.0479. The first-order valence-corrected chi connectivity index (χ1v) is 9.17. The largest absolute Gasteiger partial charge is 0.309 e. The number of para-hydroxylation sites is 2. The summed E-state index contributed by atoms with van der Waals surface area (Å²) in [7, 11) is 0. The quantitative estimate of drug-likeness (QED) is 0.701. The van der Waals surface area contributed by atoms with Crippen molar-refractivity contribution >= 4 is 11.6 Å². The fraction of sp³-hybridized carbons (Fsp3) is 0.273. The molecule has 138 valence electrons. The molecular weight excluding hydrogens is 341 g/mol. The Morgan fingerprint density at radius 3 is 2.52 bits per heavy atom. The molecule has 0 N–H and O–H groups in total. The highest BCUT2D eigenvalue weighted by Crippen LogP contribution is 2.32. The highest BCUT2D eigenvalue weighted by molar-refractivity contribution is 5.97. The maximum Gasteiger partial charge on any atom is 0.231 e. The fourth-order valence-corrected chi connectivity index (χ4v) is 3.97. The van der Waals surface area contributed by atoms with Gasteiger partial charge in [0.1, 0.15) is 11.5 Å². The lowest BCUT2D eigenvalue weighted by Crippen LogP contribution is -2.37. The van der Waals surface area contributed by atoms with E-state index in [-0.39, 0.29) is 24.2 Å². The summed E-state index contributed by atoms with van der Waals surface area (Å²) in [6.07, 6.45) is 1.12. The van der Waals surface area contributed by atoms with E-state index in [1.807, 2.05) is 36.9 Å². The van der Waals surface area contributed by atoms with E-state index in [1.165, 1.54) is 11.6 Å². The Balaban J connectivity index is 1.66. The highest BCUT2D eigenvalue weighted by atomic mass is 19.1. The van der Waals surface area contributed by atoms with E-state index < -0.39 is 0 Å². The number of anilines is 1. The lowest BCUT2D eigenvalue weighted by atomic mass is 10.1. The number of nitrogens with zero attached hydrogens (tertiary/aromatic N) is 3. The van der Waals surface area contributed by atoms with Gasteiger partial charge in [-0.3, -0.25) is 4.79 Å². The Kier molecular flexibility index (Phi) is 4.30. The SMILES string of the molecule is Cc1nn(-c2ccccc2F)c(C)c1CC(=O)N1c2ccccc2C[C@H]1C. The Morgan fingerprint density at radius 1 is 1.11 bits per heavy atom. The molecule has 0 spiro atoms. The normalized spacial score (nSPS) is 15.9. The zero-order chi connectivity index (χ0) is 19.1. The van der Waals surface area contributed by atoms with Crippen LogP contribution in [-0.4, -0.2) is 21.7 Å². The van der Waals surface area contributed by atoms with Crippen LogP contribution in [0.2, 0.25) is 0 Å². The van der Waals surface area contributed by atoms with E-state index in [4.69, 9.17) is 0 Å². The van der Waals surface area contributed by atoms with Gasteiger partial charge in [0.2, 0.25) is 5.91 Å². The lowest BCUT2D eigenvalue weighted by molar-refractivity contribution is -0.118. The van der Waals surface area contributed by atoms with Gasteiger partial charge in [-0.25, -0.2) is 9.07 Å². The molecule has 0 fully saturated rings. The van der Waals surface area contributed by atoms with Crippen LogP contribution in [0.5, 0.6) is 0 Å². The minimum atomic E-state index is -0.330. The Morgan fingerprint density at radius 2 is 1.78 bits per heavy atom. The van der Waals surface area contributed by atoms with Gasteiger partial charge in [-0.2, -0.15) is 5.10 Å². The summed E-state index contributed by atoms with van der Waals surface area (Å²) in [6, 6.07) is 14.7. The molecule has 4 rings (SSSR count). The molecule has 1 amide bonds. The van der Waals surface area contributed by atoms with Crippen molar-refractivity contribution < 1.29 is 9.18 Å². The Bertz CT molecular complexity index is 1020. The molecule has 2 heterocycles. The molecule has 5 heteroatoms. The Labute approximate surface area is 158 Å². The van der Waals surface area contributed by atoms with E-state index in [0.717, 1.165) is 29.1 Å². The second-order valence-corrected chi connectivity index (χ2v) is 7.13. The highest BCUT2D eigenvalue weighted by Gasteiger charge is 2.31. The van der Waals surface area contributed by atoms with Crippen LogP contribution in [-0.2, 0) is 17.6 Å². The second-order valence-electron chi connectivity index (χ2n) is 7.13. The third kappa shape index (κ3) is 2.93. The van der Waals surface area contributed by atoms with E-state index in [0.29, 0.717) is 5.69 Å². The summed E-state index contributed by atoms with van der Waals surface area (Å²) in [6.45, 7) is 5.82. The van der Waals surface area contributed by atoms with Gasteiger partial charge < -0.3 is 4.90 Å². The summed E-state index contributed by atoms with van der Waals surface area (Å²) in [5.41, 5.74) is 5.01. The predicted octanol–water partition coefficient (Wildman–Crippen LogP) is 4.15. The van der Waals surface area contributed by atoms with Gasteiger partial charge in [0.25, 0.3) is 0 Å². The van der Waals surface area contributed by atoms with Crippen molar-refractivity contribution in [2.45, 2.75) is 39.7 Å². The Hall–Kier alpha value is -2.95. The first-order valence-electron chi connectivity index (χ1n) is 9.17. The van der Waals surface area contributed by atoms with E-state index >= 15 is 0 Å². The predicted molar refractivity (Wildman–Crippen MR) is 104 cm³/mol. The number of fused-ring (bicyclic) bond motifs is 1. The average Bonchev–Trinajstić information content (AvgIpc) is 3.12. The van der Waals surface area contributed by atoms with Gasteiger partial charge in [0.05, 0.1) is 12.1 Å². The third-order valence-corrected chi connectivity index (χ3v) is 5.33. The zero-order valence-electron chi connectivity index (χ0n) is 15.7. The molecule has 1 aromatic heterocycles. The van der Waals surface area contributed by atoms with E-state index in [9.17, 15) is 9.18 Å². The molecule has 1 aliphatic heterocycles. The van der Waals surface area contributed by atoms with Gasteiger partial charge in [-0.1, -0.05) is 30.3 Å². The monoisotopic (exact) mass is 363 g/mol. The fourth-order valence-electron chi connectivity index (χ4n) is 3.97. The molecule has 1 aliphatic rings. The molecule has 0 saturated carbocycles. The molecule has 0 radical (unpaired) electrons. The van der Waals surface area contributed by atoms with Crippen molar-refractivity contribution in [1.82, 2.24) is 9.78 Å². The smallest absolute Gasteiger partial charge is 0.231 e. The molecule has 0 bridgehead atoms. The van der Waals surface area contributed by atoms with Crippen molar-refractivity contribution in [3.05, 3.63) is 76.9 Å². The summed E-state index contributed by atoms with van der Waals surface area (Å²) in [4.78, 5) is 15.0. The van der Waals surface area contributed by atoms with E-state index in [2.05, 4.69) is 18.1 Å². The number of benzene rings is 2. The molecule has 27 heavy (non-hydrogen) atoms. The van der Waals surface area contributed by atoms with Gasteiger partial charge >= 0.3 is 0 Å². The van der Waals surface area contributed by atoms with Crippen LogP contribution in [0.3, 0.4) is 0 Å². The van der Waals surface area contributed by atoms with E-state index in [1.54, 1.807) is 22.9 Å². The van der Waals surface area contributed by atoms with Crippen LogP contribution in [0, 0.1) is 19.7 Å². The number of aryl methyl sites for hydroxylation is 1. The molecule has 3 aromatic rings. The van der Waals surface area contributed by atoms with Gasteiger partial charge in [0.15, 0.2) is 0 Å². The molecule has 4 nitrogen and oxygen atoms in total. The molecule has 0 aliphatic carbocycles. The van der Waals surface area contributed by atoms with Crippen molar-refractivity contribution in [3.8, 4) is 5.69 Å². The number of aromatic nitrogens is 2. The molecule has 2 aromatic carbocycles. The van der Waals surface area contributed by atoms with Gasteiger partial charge in [-0.05, 0) is 51.0 Å². The number of carbonyl (C=O) groups excluding carboxylic acids is 1. The average molecular weight is 363 g/mol. The second kappa shape index (κ2) is 6.65. The van der Waals surface area contributed by atoms with Crippen LogP contribution in [0.4, 0.5) is 10.1 Å². The molecule has 1 atom stereocenters. The molecule has 0 saturated heterocycles. The molecule has 0 unspecified atom stereocenters. The van der Waals surface area contributed by atoms with Crippen molar-refractivity contribution in [1.29, 1.82) is 0 Å². The van der Waals surface area contributed by atoms with Crippen LogP contribution in [0.15, 0.2) is 48.5 Å². The minimum Gasteiger partial charge on any atom is -0.309 e. The van der Waals surface area contributed by atoms with Crippen LogP contribution in [0.25, 0.3) is 5.69 Å². The van der Waals surface area contributed by atoms with Crippen LogP contribution in [0.1, 0.15) is 29.4 Å². The van der Waals surface area contributed by atoms with Crippen LogP contribution >= 0.6 is 0 Å². The first-order chi connectivity index (χ1) is 13.0. The van der Waals surface area contributed by atoms with Crippen LogP contribution < -0.4 is 4.90 Å². The van der Waals surface area contributed by atoms with Crippen molar-refractivity contribution in [3.63, 3.8) is 0 Å². The number of amides is 1. The third-order valence-electron chi connectivity index (χ3n) is 5.33. The van der Waals surface area contributed by atoms with Crippen molar-refractivity contribution in [2.75, 3.05) is 4.90 Å². The standard InChI is InChI=1S/C22H22FN3O/c1-14-12-17-8-4-6-10-20(17)25(14)22(27)13-18-15(2)24-26(16(18)3)21-11-7-5-9-19(21)23/h4-11,14H,12-13H2,1-3H3/t14-/m1/s1. The number of carbonyl (C=O) groups is 1. The van der Waals surface area contributed by atoms with Gasteiger partial charge in [0, 0.05) is 23.0 Å². The number of hydrogen-bond donors (Lipinski definition) is 0. The topological polar surface area (TPSA) is 38.1 Å². The first kappa shape index (κ1) is 17.5. The summed E-state index contributed by atoms with van der Waals surface area (Å²) < 4.78 is 15.8. The maximum atomic E-state index is 14.2. The molecular formula is C22H22FN3O. The summed E-state index contributed by atoms with van der Waals surface area (Å²) >= 11 is 0. The number of halogens is 1. The zero-order valence-corrected chi connectivity index (χ0v) is 15.7.